The minimum Gasteiger partial charge on any atom is -0.502 e. The van der Waals surface area contributed by atoms with Crippen LogP contribution in [0.4, 0.5) is 5.69 Å². The van der Waals surface area contributed by atoms with Gasteiger partial charge in [-0.3, -0.25) is 10.1 Å². The fraction of sp³-hybridized carbons (Fsp3) is 0.333. The van der Waals surface area contributed by atoms with Gasteiger partial charge in [0.1, 0.15) is 0 Å². The maximum Gasteiger partial charge on any atom is 0.312 e. The molecule has 1 aromatic carbocycles. The van der Waals surface area contributed by atoms with Gasteiger partial charge in [0.05, 0.1) is 22.9 Å². The lowest BCUT2D eigenvalue weighted by molar-refractivity contribution is -0.386. The van der Waals surface area contributed by atoms with E-state index < -0.39 is 32.0 Å². The van der Waals surface area contributed by atoms with Gasteiger partial charge in [-0.2, -0.15) is 14.5 Å². The third-order valence-corrected chi connectivity index (χ3v) is 4.81. The minimum absolute atomic E-state index is 0.157. The molecule has 100 valence electrons. The molecular weight excluding hydrogens is 276 g/mol. The van der Waals surface area contributed by atoms with Crippen molar-refractivity contribution in [3.05, 3.63) is 28.3 Å². The molecule has 2 aliphatic heterocycles. The zero-order valence-electron chi connectivity index (χ0n) is 9.42. The van der Waals surface area contributed by atoms with Crippen molar-refractivity contribution in [2.45, 2.75) is 10.6 Å². The van der Waals surface area contributed by atoms with E-state index in [1.165, 1.54) is 0 Å². The molecule has 0 bridgehead atoms. The lowest BCUT2D eigenvalue weighted by atomic mass is 10.1. The summed E-state index contributed by atoms with van der Waals surface area (Å²) in [6, 6.07) is 2.97. The van der Waals surface area contributed by atoms with E-state index in [2.05, 4.69) is 10.2 Å². The van der Waals surface area contributed by atoms with Crippen molar-refractivity contribution < 1.29 is 18.4 Å². The molecule has 1 saturated heterocycles. The van der Waals surface area contributed by atoms with E-state index in [0.717, 1.165) is 22.5 Å². The van der Waals surface area contributed by atoms with Crippen LogP contribution in [0.3, 0.4) is 0 Å². The molecule has 1 spiro atoms. The van der Waals surface area contributed by atoms with E-state index in [0.29, 0.717) is 0 Å². The van der Waals surface area contributed by atoms with Crippen LogP contribution in [0, 0.1) is 10.1 Å². The van der Waals surface area contributed by atoms with Gasteiger partial charge < -0.3 is 5.11 Å². The van der Waals surface area contributed by atoms with Crippen molar-refractivity contribution in [3.63, 3.8) is 0 Å². The maximum atomic E-state index is 12.2. The number of benzene rings is 1. The molecule has 1 aromatic rings. The second-order valence-electron chi connectivity index (χ2n) is 4.36. The van der Waals surface area contributed by atoms with Crippen molar-refractivity contribution in [2.75, 3.05) is 13.1 Å². The Morgan fingerprint density at radius 3 is 2.53 bits per heavy atom. The van der Waals surface area contributed by atoms with Crippen LogP contribution in [0.5, 0.6) is 5.75 Å². The fourth-order valence-electron chi connectivity index (χ4n) is 1.84. The van der Waals surface area contributed by atoms with E-state index in [1.807, 2.05) is 0 Å². The summed E-state index contributed by atoms with van der Waals surface area (Å²) < 4.78 is 25.5. The lowest BCUT2D eigenvalue weighted by Crippen LogP contribution is -2.56. The molecule has 0 atom stereocenters. The summed E-state index contributed by atoms with van der Waals surface area (Å²) in [6.45, 7) is 0.314. The highest BCUT2D eigenvalue weighted by molar-refractivity contribution is 7.89. The van der Waals surface area contributed by atoms with Crippen LogP contribution in [0.25, 0.3) is 0 Å². The highest BCUT2D eigenvalue weighted by Gasteiger charge is 2.56. The first-order valence-corrected chi connectivity index (χ1v) is 6.70. The first kappa shape index (κ1) is 12.0. The van der Waals surface area contributed by atoms with Crippen LogP contribution in [-0.4, -0.2) is 41.5 Å². The van der Waals surface area contributed by atoms with Crippen molar-refractivity contribution in [1.82, 2.24) is 4.31 Å². The van der Waals surface area contributed by atoms with Crippen LogP contribution >= 0.6 is 0 Å². The van der Waals surface area contributed by atoms with Gasteiger partial charge in [-0.1, -0.05) is 0 Å². The second kappa shape index (κ2) is 3.48. The monoisotopic (exact) mass is 284 g/mol. The Kier molecular flexibility index (Phi) is 2.20. The predicted octanol–water partition coefficient (Wildman–Crippen LogP) is 0.467. The number of hydrogen-bond acceptors (Lipinski definition) is 7. The first-order valence-electron chi connectivity index (χ1n) is 5.26. The van der Waals surface area contributed by atoms with Crippen LogP contribution in [0.15, 0.2) is 33.3 Å². The summed E-state index contributed by atoms with van der Waals surface area (Å²) in [6.07, 6.45) is 0. The van der Waals surface area contributed by atoms with Gasteiger partial charge in [0, 0.05) is 6.07 Å². The van der Waals surface area contributed by atoms with Crippen LogP contribution in [0.2, 0.25) is 0 Å². The van der Waals surface area contributed by atoms with Gasteiger partial charge in [0.25, 0.3) is 0 Å². The number of nitro groups is 1. The number of nitrogens with zero attached hydrogens (tertiary/aromatic N) is 4. The molecule has 0 aromatic heterocycles. The maximum absolute atomic E-state index is 12.2. The Labute approximate surface area is 107 Å². The summed E-state index contributed by atoms with van der Waals surface area (Å²) in [4.78, 5) is 9.61. The Balaban J connectivity index is 1.93. The van der Waals surface area contributed by atoms with Gasteiger partial charge in [-0.05, 0) is 12.1 Å². The number of phenols is 1. The number of hydrogen-bond donors (Lipinski definition) is 1. The van der Waals surface area contributed by atoms with Crippen LogP contribution in [0.1, 0.15) is 0 Å². The molecule has 0 aliphatic carbocycles. The summed E-state index contributed by atoms with van der Waals surface area (Å²) in [5.41, 5.74) is -1.22. The standard InChI is InChI=1S/C9H8N4O5S/c14-8-2-1-6(3-7(8)13(15)16)19(17,18)12-4-9(5-12)10-11-9/h1-3,14H,4-5H2. The Bertz CT molecular complexity index is 699. The lowest BCUT2D eigenvalue weighted by Gasteiger charge is -2.34. The Morgan fingerprint density at radius 1 is 1.37 bits per heavy atom. The molecule has 0 unspecified atom stereocenters. The first-order chi connectivity index (χ1) is 8.84. The van der Waals surface area contributed by atoms with Crippen molar-refractivity contribution in [1.29, 1.82) is 0 Å². The molecule has 0 amide bonds. The number of sulfonamides is 1. The summed E-state index contributed by atoms with van der Waals surface area (Å²) in [5.74, 6) is -0.573. The molecule has 2 heterocycles. The minimum atomic E-state index is -3.81. The van der Waals surface area contributed by atoms with Crippen molar-refractivity contribution in [2.24, 2.45) is 10.2 Å². The average molecular weight is 284 g/mol. The third kappa shape index (κ3) is 1.76. The fourth-order valence-corrected chi connectivity index (χ4v) is 3.40. The average Bonchev–Trinajstić information content (AvgIpc) is 3.06. The van der Waals surface area contributed by atoms with E-state index in [4.69, 9.17) is 0 Å². The number of nitro benzene ring substituents is 1. The zero-order valence-corrected chi connectivity index (χ0v) is 10.2. The molecule has 19 heavy (non-hydrogen) atoms. The van der Waals surface area contributed by atoms with Crippen LogP contribution < -0.4 is 0 Å². The molecule has 1 N–H and O–H groups in total. The van der Waals surface area contributed by atoms with Gasteiger partial charge in [0.2, 0.25) is 15.7 Å². The number of aromatic hydroxyl groups is 1. The molecule has 0 saturated carbocycles. The van der Waals surface area contributed by atoms with Crippen molar-refractivity contribution >= 4 is 15.7 Å². The molecule has 10 heteroatoms. The second-order valence-corrected chi connectivity index (χ2v) is 6.30. The zero-order chi connectivity index (χ0) is 13.8. The normalized spacial score (nSPS) is 20.2. The molecule has 9 nitrogen and oxygen atoms in total. The molecule has 0 radical (unpaired) electrons. The Hall–Kier alpha value is -2.07. The summed E-state index contributed by atoms with van der Waals surface area (Å²) in [7, 11) is -3.81. The highest BCUT2D eigenvalue weighted by Crippen LogP contribution is 2.41. The van der Waals surface area contributed by atoms with Crippen molar-refractivity contribution in [3.8, 4) is 5.75 Å². The highest BCUT2D eigenvalue weighted by atomic mass is 32.2. The molecule has 3 rings (SSSR count). The molecular formula is C9H8N4O5S. The van der Waals surface area contributed by atoms with E-state index >= 15 is 0 Å². The van der Waals surface area contributed by atoms with Gasteiger partial charge in [-0.15, -0.1) is 0 Å². The van der Waals surface area contributed by atoms with E-state index in [1.54, 1.807) is 0 Å². The molecule has 1 fully saturated rings. The number of rotatable bonds is 3. The molecule has 2 aliphatic rings. The van der Waals surface area contributed by atoms with Crippen LogP contribution in [-0.2, 0) is 10.0 Å². The van der Waals surface area contributed by atoms with E-state index in [-0.39, 0.29) is 18.0 Å². The quantitative estimate of drug-likeness (QED) is 0.637. The number of phenolic OH excluding ortho intramolecular Hbond substituents is 1. The smallest absolute Gasteiger partial charge is 0.312 e. The Morgan fingerprint density at radius 2 is 2.00 bits per heavy atom. The third-order valence-electron chi connectivity index (χ3n) is 3.02. The summed E-state index contributed by atoms with van der Waals surface area (Å²) >= 11 is 0. The van der Waals surface area contributed by atoms with Gasteiger partial charge in [-0.25, -0.2) is 8.42 Å². The predicted molar refractivity (Wildman–Crippen MR) is 61.1 cm³/mol. The topological polar surface area (TPSA) is 125 Å². The summed E-state index contributed by atoms with van der Waals surface area (Å²) in [5, 5.41) is 27.4. The largest absolute Gasteiger partial charge is 0.502 e. The SMILES string of the molecule is O=[N+]([O-])c1cc(S(=O)(=O)N2CC3(C2)N=N3)ccc1O. The van der Waals surface area contributed by atoms with Gasteiger partial charge in [0.15, 0.2) is 5.75 Å². The van der Waals surface area contributed by atoms with Gasteiger partial charge >= 0.3 is 5.69 Å². The van der Waals surface area contributed by atoms with E-state index in [9.17, 15) is 23.6 Å².